The van der Waals surface area contributed by atoms with Crippen molar-refractivity contribution in [3.8, 4) is 0 Å². The van der Waals surface area contributed by atoms with Crippen molar-refractivity contribution in [2.24, 2.45) is 0 Å². The first-order chi connectivity index (χ1) is 8.16. The average Bonchev–Trinajstić information content (AvgIpc) is 2.30. The lowest BCUT2D eigenvalue weighted by Gasteiger charge is -2.30. The third-order valence-corrected chi connectivity index (χ3v) is 3.64. The van der Waals surface area contributed by atoms with Gasteiger partial charge >= 0.3 is 0 Å². The Morgan fingerprint density at radius 2 is 2.35 bits per heavy atom. The van der Waals surface area contributed by atoms with Crippen molar-refractivity contribution in [3.05, 3.63) is 28.2 Å². The number of ether oxygens (including phenoxy) is 1. The van der Waals surface area contributed by atoms with E-state index in [1.807, 2.05) is 0 Å². The van der Waals surface area contributed by atoms with Crippen molar-refractivity contribution in [2.75, 3.05) is 38.3 Å². The fourth-order valence-corrected chi connectivity index (χ4v) is 2.88. The fraction of sp³-hybridized carbons (Fsp3) is 0.538. The molecule has 0 aliphatic carbocycles. The van der Waals surface area contributed by atoms with Crippen LogP contribution in [0.4, 0.5) is 5.69 Å². The van der Waals surface area contributed by atoms with Crippen LogP contribution in [-0.4, -0.2) is 39.4 Å². The van der Waals surface area contributed by atoms with Gasteiger partial charge in [0, 0.05) is 30.7 Å². The van der Waals surface area contributed by atoms with Crippen molar-refractivity contribution < 1.29 is 4.74 Å². The number of hydrogen-bond acceptors (Lipinski definition) is 3. The highest BCUT2D eigenvalue weighted by Crippen LogP contribution is 2.26. The maximum absolute atomic E-state index is 5.47. The summed E-state index contributed by atoms with van der Waals surface area (Å²) in [4.78, 5) is 2.26. The number of hydrogen-bond donors (Lipinski definition) is 1. The molecule has 0 spiro atoms. The third kappa shape index (κ3) is 3.44. The molecule has 4 heteroatoms. The molecule has 1 aliphatic rings. The lowest BCUT2D eigenvalue weighted by atomic mass is 10.2. The molecule has 0 aromatic heterocycles. The molecule has 1 fully saturated rings. The van der Waals surface area contributed by atoms with E-state index in [-0.39, 0.29) is 0 Å². The summed E-state index contributed by atoms with van der Waals surface area (Å²) in [7, 11) is 2.12. The van der Waals surface area contributed by atoms with Gasteiger partial charge in [0.2, 0.25) is 0 Å². The van der Waals surface area contributed by atoms with Crippen molar-refractivity contribution in [1.82, 2.24) is 5.32 Å². The standard InChI is InChI=1S/C13H19BrN2O/c1-10-3-4-13(12(14)7-10)16(2)8-11-9-17-6-5-15-11/h3-4,7,11,15H,5-6,8-9H2,1-2H3. The van der Waals surface area contributed by atoms with Crippen LogP contribution in [0.3, 0.4) is 0 Å². The summed E-state index contributed by atoms with van der Waals surface area (Å²) in [5, 5.41) is 3.47. The maximum Gasteiger partial charge on any atom is 0.0637 e. The SMILES string of the molecule is Cc1ccc(N(C)CC2COCCN2)c(Br)c1. The van der Waals surface area contributed by atoms with Crippen LogP contribution >= 0.6 is 15.9 Å². The minimum Gasteiger partial charge on any atom is -0.378 e. The largest absolute Gasteiger partial charge is 0.378 e. The second-order valence-electron chi connectivity index (χ2n) is 4.56. The van der Waals surface area contributed by atoms with E-state index >= 15 is 0 Å². The Morgan fingerprint density at radius 1 is 1.53 bits per heavy atom. The molecule has 0 radical (unpaired) electrons. The second kappa shape index (κ2) is 5.85. The zero-order chi connectivity index (χ0) is 12.3. The van der Waals surface area contributed by atoms with Gasteiger partial charge in [-0.05, 0) is 40.5 Å². The number of anilines is 1. The predicted octanol–water partition coefficient (Wildman–Crippen LogP) is 2.18. The molecular formula is C13H19BrN2O. The van der Waals surface area contributed by atoms with E-state index in [4.69, 9.17) is 4.74 Å². The summed E-state index contributed by atoms with van der Waals surface area (Å²) in [6, 6.07) is 6.86. The van der Waals surface area contributed by atoms with E-state index in [1.165, 1.54) is 11.3 Å². The van der Waals surface area contributed by atoms with Gasteiger partial charge in [-0.3, -0.25) is 0 Å². The van der Waals surface area contributed by atoms with Crippen LogP contribution in [0.15, 0.2) is 22.7 Å². The monoisotopic (exact) mass is 298 g/mol. The third-order valence-electron chi connectivity index (χ3n) is 3.01. The van der Waals surface area contributed by atoms with Gasteiger partial charge in [0.1, 0.15) is 0 Å². The molecule has 0 amide bonds. The zero-order valence-corrected chi connectivity index (χ0v) is 12.0. The predicted molar refractivity (Wildman–Crippen MR) is 74.8 cm³/mol. The van der Waals surface area contributed by atoms with E-state index in [9.17, 15) is 0 Å². The Hall–Kier alpha value is -0.580. The fourth-order valence-electron chi connectivity index (χ4n) is 2.09. The normalized spacial score (nSPS) is 20.3. The van der Waals surface area contributed by atoms with Crippen LogP contribution in [0.2, 0.25) is 0 Å². The summed E-state index contributed by atoms with van der Waals surface area (Å²) in [5.74, 6) is 0. The number of nitrogens with one attached hydrogen (secondary N) is 1. The quantitative estimate of drug-likeness (QED) is 0.926. The number of nitrogens with zero attached hydrogens (tertiary/aromatic N) is 1. The molecule has 0 bridgehead atoms. The van der Waals surface area contributed by atoms with E-state index in [1.54, 1.807) is 0 Å². The van der Waals surface area contributed by atoms with Gasteiger partial charge < -0.3 is 15.0 Å². The molecule has 1 aromatic carbocycles. The Bertz CT molecular complexity index is 378. The number of benzene rings is 1. The summed E-state index contributed by atoms with van der Waals surface area (Å²) in [6.45, 7) is 5.64. The van der Waals surface area contributed by atoms with Crippen molar-refractivity contribution in [1.29, 1.82) is 0 Å². The first-order valence-electron chi connectivity index (χ1n) is 5.95. The van der Waals surface area contributed by atoms with Gasteiger partial charge in [-0.15, -0.1) is 0 Å². The van der Waals surface area contributed by atoms with Crippen molar-refractivity contribution in [3.63, 3.8) is 0 Å². The van der Waals surface area contributed by atoms with Crippen LogP contribution in [0.5, 0.6) is 0 Å². The molecule has 17 heavy (non-hydrogen) atoms. The molecule has 94 valence electrons. The molecule has 1 unspecified atom stereocenters. The molecule has 1 N–H and O–H groups in total. The minimum absolute atomic E-state index is 0.418. The van der Waals surface area contributed by atoms with Gasteiger partial charge in [-0.1, -0.05) is 6.07 Å². The number of halogens is 1. The Labute approximate surface area is 111 Å². The summed E-state index contributed by atoms with van der Waals surface area (Å²) < 4.78 is 6.62. The van der Waals surface area contributed by atoms with Crippen LogP contribution in [0.1, 0.15) is 5.56 Å². The van der Waals surface area contributed by atoms with Gasteiger partial charge in [-0.25, -0.2) is 0 Å². The molecule has 1 saturated heterocycles. The second-order valence-corrected chi connectivity index (χ2v) is 5.42. The van der Waals surface area contributed by atoms with E-state index in [2.05, 4.69) is 58.3 Å². The van der Waals surface area contributed by atoms with Gasteiger partial charge in [0.15, 0.2) is 0 Å². The molecule has 0 saturated carbocycles. The lowest BCUT2D eigenvalue weighted by molar-refractivity contribution is 0.0791. The zero-order valence-electron chi connectivity index (χ0n) is 10.4. The Morgan fingerprint density at radius 3 is 3.00 bits per heavy atom. The summed E-state index contributed by atoms with van der Waals surface area (Å²) in [5.41, 5.74) is 2.50. The molecule has 3 nitrogen and oxygen atoms in total. The number of morpholine rings is 1. The van der Waals surface area contributed by atoms with Crippen LogP contribution in [0, 0.1) is 6.92 Å². The van der Waals surface area contributed by atoms with E-state index in [0.717, 1.165) is 30.8 Å². The van der Waals surface area contributed by atoms with Gasteiger partial charge in [0.05, 0.1) is 18.9 Å². The average molecular weight is 299 g/mol. The number of rotatable bonds is 3. The highest BCUT2D eigenvalue weighted by molar-refractivity contribution is 9.10. The lowest BCUT2D eigenvalue weighted by Crippen LogP contribution is -2.47. The van der Waals surface area contributed by atoms with Gasteiger partial charge in [0.25, 0.3) is 0 Å². The van der Waals surface area contributed by atoms with E-state index in [0.29, 0.717) is 6.04 Å². The topological polar surface area (TPSA) is 24.5 Å². The highest BCUT2D eigenvalue weighted by Gasteiger charge is 2.16. The van der Waals surface area contributed by atoms with Crippen LogP contribution in [0.25, 0.3) is 0 Å². The molecular weight excluding hydrogens is 280 g/mol. The maximum atomic E-state index is 5.47. The Kier molecular flexibility index (Phi) is 4.42. The van der Waals surface area contributed by atoms with Crippen LogP contribution < -0.4 is 10.2 Å². The van der Waals surface area contributed by atoms with Crippen LogP contribution in [-0.2, 0) is 4.74 Å². The van der Waals surface area contributed by atoms with Crippen molar-refractivity contribution >= 4 is 21.6 Å². The number of likely N-dealkylation sites (N-methyl/N-ethyl adjacent to an activating group) is 1. The molecule has 1 aliphatic heterocycles. The first-order valence-corrected chi connectivity index (χ1v) is 6.74. The van der Waals surface area contributed by atoms with Crippen molar-refractivity contribution in [2.45, 2.75) is 13.0 Å². The number of aryl methyl sites for hydroxylation is 1. The summed E-state index contributed by atoms with van der Waals surface area (Å²) >= 11 is 3.62. The smallest absolute Gasteiger partial charge is 0.0637 e. The minimum atomic E-state index is 0.418. The molecule has 1 aromatic rings. The summed E-state index contributed by atoms with van der Waals surface area (Å²) in [6.07, 6.45) is 0. The van der Waals surface area contributed by atoms with E-state index < -0.39 is 0 Å². The Balaban J connectivity index is 2.00. The molecule has 1 heterocycles. The molecule has 1 atom stereocenters. The molecule has 2 rings (SSSR count). The highest BCUT2D eigenvalue weighted by atomic mass is 79.9. The first kappa shape index (κ1) is 12.9. The van der Waals surface area contributed by atoms with Gasteiger partial charge in [-0.2, -0.15) is 0 Å².